The minimum atomic E-state index is -0.00719. The first kappa shape index (κ1) is 17.2. The second-order valence-corrected chi connectivity index (χ2v) is 6.65. The summed E-state index contributed by atoms with van der Waals surface area (Å²) in [7, 11) is 0. The first-order valence-electron chi connectivity index (χ1n) is 8.91. The Morgan fingerprint density at radius 2 is 1.96 bits per heavy atom. The minimum Gasteiger partial charge on any atom is -0.507 e. The zero-order chi connectivity index (χ0) is 18.8. The third-order valence-corrected chi connectivity index (χ3v) is 4.86. The molecule has 27 heavy (non-hydrogen) atoms. The molecule has 3 aromatic rings. The fraction of sp³-hybridized carbons (Fsp3) is 0.250. The Bertz CT molecular complexity index is 989. The number of H-pyrrole nitrogens is 1. The van der Waals surface area contributed by atoms with Crippen molar-refractivity contribution in [1.29, 1.82) is 0 Å². The highest BCUT2D eigenvalue weighted by Crippen LogP contribution is 2.28. The van der Waals surface area contributed by atoms with Crippen LogP contribution >= 0.6 is 0 Å². The Kier molecular flexibility index (Phi) is 4.60. The number of nitrogens with zero attached hydrogens (tertiary/aromatic N) is 4. The molecular weight excluding hydrogens is 342 g/mol. The molecule has 138 valence electrons. The van der Waals surface area contributed by atoms with Crippen molar-refractivity contribution in [3.63, 3.8) is 0 Å². The number of piperazine rings is 1. The Labute approximate surface area is 156 Å². The van der Waals surface area contributed by atoms with Crippen LogP contribution in [0.15, 0.2) is 49.1 Å². The number of fused-ring (bicyclic) bond motifs is 1. The van der Waals surface area contributed by atoms with Crippen molar-refractivity contribution in [2.24, 2.45) is 0 Å². The molecule has 7 nitrogen and oxygen atoms in total. The summed E-state index contributed by atoms with van der Waals surface area (Å²) >= 11 is 0. The lowest BCUT2D eigenvalue weighted by molar-refractivity contribution is -0.127. The average Bonchev–Trinajstić information content (AvgIpc) is 3.09. The van der Waals surface area contributed by atoms with Gasteiger partial charge in [-0.3, -0.25) is 9.69 Å². The number of phenolic OH excluding ortho intramolecular Hbond substituents is 1. The number of hydrogen-bond donors (Lipinski definition) is 2. The van der Waals surface area contributed by atoms with E-state index in [9.17, 15) is 9.90 Å². The molecule has 4 rings (SSSR count). The van der Waals surface area contributed by atoms with Crippen molar-refractivity contribution in [2.75, 3.05) is 26.2 Å². The van der Waals surface area contributed by atoms with Crippen LogP contribution in [0.1, 0.15) is 5.69 Å². The van der Waals surface area contributed by atoms with E-state index in [1.807, 2.05) is 23.1 Å². The van der Waals surface area contributed by atoms with E-state index in [0.29, 0.717) is 24.3 Å². The quantitative estimate of drug-likeness (QED) is 0.694. The van der Waals surface area contributed by atoms with Gasteiger partial charge in [-0.05, 0) is 30.3 Å². The summed E-state index contributed by atoms with van der Waals surface area (Å²) in [5, 5.41) is 19.5. The molecule has 0 unspecified atom stereocenters. The molecule has 1 saturated heterocycles. The van der Waals surface area contributed by atoms with E-state index in [2.05, 4.69) is 32.7 Å². The lowest BCUT2D eigenvalue weighted by Crippen LogP contribution is -2.47. The lowest BCUT2D eigenvalue weighted by atomic mass is 10.1. The number of aromatic hydroxyl groups is 1. The van der Waals surface area contributed by atoms with Crippen molar-refractivity contribution < 1.29 is 9.90 Å². The predicted molar refractivity (Wildman–Crippen MR) is 103 cm³/mol. The zero-order valence-corrected chi connectivity index (χ0v) is 14.9. The van der Waals surface area contributed by atoms with Gasteiger partial charge in [-0.25, -0.2) is 0 Å². The second kappa shape index (κ2) is 7.20. The van der Waals surface area contributed by atoms with E-state index >= 15 is 0 Å². The van der Waals surface area contributed by atoms with Crippen molar-refractivity contribution in [3.05, 3.63) is 54.7 Å². The van der Waals surface area contributed by atoms with Gasteiger partial charge in [0, 0.05) is 49.4 Å². The molecule has 3 heterocycles. The highest BCUT2D eigenvalue weighted by atomic mass is 16.3. The van der Waals surface area contributed by atoms with Gasteiger partial charge in [-0.15, -0.1) is 10.2 Å². The van der Waals surface area contributed by atoms with Gasteiger partial charge in [0.15, 0.2) is 5.65 Å². The van der Waals surface area contributed by atoms with Crippen LogP contribution in [0.25, 0.3) is 22.3 Å². The van der Waals surface area contributed by atoms with Crippen LogP contribution < -0.4 is 0 Å². The molecule has 0 radical (unpaired) electrons. The minimum absolute atomic E-state index is 0.00719. The summed E-state index contributed by atoms with van der Waals surface area (Å²) in [6, 6.07) is 11.1. The van der Waals surface area contributed by atoms with E-state index < -0.39 is 0 Å². The van der Waals surface area contributed by atoms with Crippen molar-refractivity contribution in [3.8, 4) is 17.0 Å². The summed E-state index contributed by atoms with van der Waals surface area (Å²) in [4.78, 5) is 19.1. The van der Waals surface area contributed by atoms with E-state index in [1.54, 1.807) is 12.1 Å². The number of benzene rings is 1. The maximum absolute atomic E-state index is 11.7. The second-order valence-electron chi connectivity index (χ2n) is 6.65. The van der Waals surface area contributed by atoms with Crippen LogP contribution in [0, 0.1) is 0 Å². The van der Waals surface area contributed by atoms with Crippen LogP contribution in [0.3, 0.4) is 0 Å². The third kappa shape index (κ3) is 3.54. The number of aromatic amines is 1. The summed E-state index contributed by atoms with van der Waals surface area (Å²) in [5.74, 6) is 0.182. The molecule has 1 aliphatic rings. The highest BCUT2D eigenvalue weighted by Gasteiger charge is 2.20. The average molecular weight is 363 g/mol. The number of phenols is 1. The number of amides is 1. The lowest BCUT2D eigenvalue weighted by Gasteiger charge is -2.33. The van der Waals surface area contributed by atoms with E-state index in [1.165, 1.54) is 6.08 Å². The molecule has 1 aliphatic heterocycles. The number of nitrogens with one attached hydrogen (secondary N) is 1. The van der Waals surface area contributed by atoms with Gasteiger partial charge in [0.05, 0.1) is 5.69 Å². The molecule has 0 saturated carbocycles. The number of carbonyl (C=O) groups excluding carboxylic acids is 1. The first-order valence-corrected chi connectivity index (χ1v) is 8.91. The number of rotatable bonds is 4. The van der Waals surface area contributed by atoms with Gasteiger partial charge < -0.3 is 15.0 Å². The number of hydrogen-bond acceptors (Lipinski definition) is 5. The van der Waals surface area contributed by atoms with Crippen LogP contribution in [0.5, 0.6) is 5.75 Å². The maximum Gasteiger partial charge on any atom is 0.246 e. The topological polar surface area (TPSA) is 85.3 Å². The molecule has 1 amide bonds. The van der Waals surface area contributed by atoms with E-state index in [0.717, 1.165) is 36.4 Å². The normalized spacial score (nSPS) is 15.2. The molecular formula is C20H21N5O2. The number of para-hydroxylation sites is 1. The summed E-state index contributed by atoms with van der Waals surface area (Å²) in [5.41, 5.74) is 3.09. The summed E-state index contributed by atoms with van der Waals surface area (Å²) < 4.78 is 0. The van der Waals surface area contributed by atoms with E-state index in [4.69, 9.17) is 0 Å². The largest absolute Gasteiger partial charge is 0.507 e. The van der Waals surface area contributed by atoms with Gasteiger partial charge in [-0.2, -0.15) is 0 Å². The monoisotopic (exact) mass is 363 g/mol. The third-order valence-electron chi connectivity index (χ3n) is 4.86. The molecule has 0 aliphatic carbocycles. The summed E-state index contributed by atoms with van der Waals surface area (Å²) in [6.07, 6.45) is 1.37. The number of aromatic nitrogens is 3. The maximum atomic E-state index is 11.7. The van der Waals surface area contributed by atoms with Crippen LogP contribution in [-0.2, 0) is 11.3 Å². The Morgan fingerprint density at radius 1 is 1.19 bits per heavy atom. The molecule has 7 heteroatoms. The van der Waals surface area contributed by atoms with E-state index in [-0.39, 0.29) is 11.7 Å². The van der Waals surface area contributed by atoms with Crippen molar-refractivity contribution in [1.82, 2.24) is 25.0 Å². The van der Waals surface area contributed by atoms with Crippen LogP contribution in [0.2, 0.25) is 0 Å². The Hall–Kier alpha value is -3.19. The molecule has 0 spiro atoms. The molecule has 0 atom stereocenters. The Morgan fingerprint density at radius 3 is 2.70 bits per heavy atom. The van der Waals surface area contributed by atoms with Gasteiger partial charge in [-0.1, -0.05) is 18.7 Å². The molecule has 0 bridgehead atoms. The van der Waals surface area contributed by atoms with Crippen molar-refractivity contribution >= 4 is 16.9 Å². The fourth-order valence-corrected chi connectivity index (χ4v) is 3.39. The SMILES string of the molecule is C=CC(=O)N1CCN(Cc2cc3cc(-c4ccccc4O)nnc3[nH]2)CC1. The Balaban J connectivity index is 1.49. The highest BCUT2D eigenvalue weighted by molar-refractivity contribution is 5.87. The fourth-order valence-electron chi connectivity index (χ4n) is 3.39. The van der Waals surface area contributed by atoms with Gasteiger partial charge in [0.25, 0.3) is 0 Å². The first-order chi connectivity index (χ1) is 13.1. The molecule has 1 aromatic carbocycles. The van der Waals surface area contributed by atoms with Gasteiger partial charge in [0.1, 0.15) is 5.75 Å². The predicted octanol–water partition coefficient (Wildman–Crippen LogP) is 2.16. The molecule has 2 N–H and O–H groups in total. The molecule has 2 aromatic heterocycles. The van der Waals surface area contributed by atoms with Crippen molar-refractivity contribution in [2.45, 2.75) is 6.54 Å². The van der Waals surface area contributed by atoms with Crippen LogP contribution in [0.4, 0.5) is 0 Å². The zero-order valence-electron chi connectivity index (χ0n) is 14.9. The smallest absolute Gasteiger partial charge is 0.246 e. The van der Waals surface area contributed by atoms with Gasteiger partial charge in [0.2, 0.25) is 5.91 Å². The summed E-state index contributed by atoms with van der Waals surface area (Å²) in [6.45, 7) is 7.37. The number of carbonyl (C=O) groups is 1. The van der Waals surface area contributed by atoms with Crippen LogP contribution in [-0.4, -0.2) is 62.2 Å². The standard InChI is InChI=1S/C20H21N5O2/c1-2-19(27)25-9-7-24(8-10-25)13-15-11-14-12-17(22-23-20(14)21-15)16-5-3-4-6-18(16)26/h2-6,11-12,26H,1,7-10,13H2,(H,21,23). The van der Waals surface area contributed by atoms with Gasteiger partial charge >= 0.3 is 0 Å². The molecule has 1 fully saturated rings.